The van der Waals surface area contributed by atoms with Gasteiger partial charge in [0.15, 0.2) is 0 Å². The normalized spacial score (nSPS) is 11.6. The van der Waals surface area contributed by atoms with Crippen molar-refractivity contribution in [2.45, 2.75) is 20.8 Å². The van der Waals surface area contributed by atoms with Crippen LogP contribution in [0, 0.1) is 26.6 Å². The van der Waals surface area contributed by atoms with Crippen molar-refractivity contribution in [3.05, 3.63) is 69.5 Å². The fourth-order valence-corrected chi connectivity index (χ4v) is 3.74. The summed E-state index contributed by atoms with van der Waals surface area (Å²) in [5.74, 6) is -0.332. The van der Waals surface area contributed by atoms with Crippen molar-refractivity contribution in [3.8, 4) is 11.1 Å². The molecule has 3 nitrogen and oxygen atoms in total. The molecule has 0 fully saturated rings. The number of halogens is 1. The van der Waals surface area contributed by atoms with Crippen LogP contribution in [0.3, 0.4) is 0 Å². The van der Waals surface area contributed by atoms with E-state index in [0.29, 0.717) is 16.7 Å². The van der Waals surface area contributed by atoms with E-state index < -0.39 is 0 Å². The molecule has 25 heavy (non-hydrogen) atoms. The zero-order valence-corrected chi connectivity index (χ0v) is 14.6. The topological polar surface area (TPSA) is 35.1 Å². The van der Waals surface area contributed by atoms with Crippen LogP contribution in [0.1, 0.15) is 16.7 Å². The lowest BCUT2D eigenvalue weighted by molar-refractivity contribution is 0.610. The maximum Gasteiger partial charge on any atom is 0.254 e. The summed E-state index contributed by atoms with van der Waals surface area (Å²) in [4.78, 5) is 12.8. The van der Waals surface area contributed by atoms with Gasteiger partial charge in [0.1, 0.15) is 11.4 Å². The fraction of sp³-hybridized carbons (Fsp3) is 0.190. The minimum atomic E-state index is -0.332. The molecule has 0 atom stereocenters. The zero-order chi connectivity index (χ0) is 17.9. The van der Waals surface area contributed by atoms with Crippen LogP contribution >= 0.6 is 0 Å². The number of rotatable bonds is 1. The standard InChI is InChI=1S/C21H18FNO2/c1-11-10-25-20-13(3)19-16(9-15(11)20)18(12(2)21(24)23(19)4)14-7-5-6-8-17(14)22/h5-10H,1-4H3. The van der Waals surface area contributed by atoms with Crippen LogP contribution in [-0.4, -0.2) is 4.57 Å². The Morgan fingerprint density at radius 1 is 1.04 bits per heavy atom. The number of benzene rings is 2. The summed E-state index contributed by atoms with van der Waals surface area (Å²) in [5.41, 5.74) is 4.96. The molecule has 4 rings (SSSR count). The average Bonchev–Trinajstić information content (AvgIpc) is 2.96. The summed E-state index contributed by atoms with van der Waals surface area (Å²) < 4.78 is 21.8. The van der Waals surface area contributed by atoms with Gasteiger partial charge in [0.2, 0.25) is 0 Å². The van der Waals surface area contributed by atoms with E-state index in [4.69, 9.17) is 4.42 Å². The minimum absolute atomic E-state index is 0.128. The molecule has 0 saturated carbocycles. The summed E-state index contributed by atoms with van der Waals surface area (Å²) in [6, 6.07) is 8.59. The van der Waals surface area contributed by atoms with Gasteiger partial charge in [-0.25, -0.2) is 4.39 Å². The first kappa shape index (κ1) is 15.6. The molecular formula is C21H18FNO2. The molecule has 0 N–H and O–H groups in total. The quantitative estimate of drug-likeness (QED) is 0.490. The Bertz CT molecular complexity index is 1210. The SMILES string of the molecule is Cc1c(-c2ccccc2F)c2cc3c(C)coc3c(C)c2n(C)c1=O. The lowest BCUT2D eigenvalue weighted by Gasteiger charge is -2.16. The summed E-state index contributed by atoms with van der Waals surface area (Å²) in [6.45, 7) is 5.67. The summed E-state index contributed by atoms with van der Waals surface area (Å²) in [5, 5.41) is 1.85. The Labute approximate surface area is 144 Å². The van der Waals surface area contributed by atoms with Gasteiger partial charge in [-0.05, 0) is 38.5 Å². The number of nitrogens with zero attached hydrogens (tertiary/aromatic N) is 1. The predicted molar refractivity (Wildman–Crippen MR) is 98.6 cm³/mol. The Balaban J connectivity index is 2.32. The highest BCUT2D eigenvalue weighted by Crippen LogP contribution is 2.37. The van der Waals surface area contributed by atoms with E-state index in [-0.39, 0.29) is 11.4 Å². The van der Waals surface area contributed by atoms with Crippen molar-refractivity contribution in [1.29, 1.82) is 0 Å². The van der Waals surface area contributed by atoms with Gasteiger partial charge in [-0.1, -0.05) is 18.2 Å². The Kier molecular flexibility index (Phi) is 3.32. The third-order valence-electron chi connectivity index (χ3n) is 5.01. The molecule has 126 valence electrons. The second-order valence-electron chi connectivity index (χ2n) is 6.54. The molecule has 0 aliphatic carbocycles. The van der Waals surface area contributed by atoms with Gasteiger partial charge < -0.3 is 8.98 Å². The van der Waals surface area contributed by atoms with E-state index in [1.165, 1.54) is 6.07 Å². The number of aromatic nitrogens is 1. The first-order valence-corrected chi connectivity index (χ1v) is 8.17. The Hall–Kier alpha value is -2.88. The van der Waals surface area contributed by atoms with Gasteiger partial charge >= 0.3 is 0 Å². The Morgan fingerprint density at radius 3 is 2.48 bits per heavy atom. The molecule has 0 spiro atoms. The first-order valence-electron chi connectivity index (χ1n) is 8.17. The largest absolute Gasteiger partial charge is 0.464 e. The number of pyridine rings is 1. The number of hydrogen-bond donors (Lipinski definition) is 0. The van der Waals surface area contributed by atoms with E-state index in [9.17, 15) is 9.18 Å². The van der Waals surface area contributed by atoms with Crippen LogP contribution in [0.2, 0.25) is 0 Å². The number of hydrogen-bond acceptors (Lipinski definition) is 2. The lowest BCUT2D eigenvalue weighted by Crippen LogP contribution is -2.21. The average molecular weight is 335 g/mol. The molecule has 2 aromatic carbocycles. The Morgan fingerprint density at radius 2 is 1.76 bits per heavy atom. The first-order chi connectivity index (χ1) is 11.9. The van der Waals surface area contributed by atoms with E-state index in [2.05, 4.69) is 0 Å². The monoisotopic (exact) mass is 335 g/mol. The van der Waals surface area contributed by atoms with E-state index in [1.54, 1.807) is 43.0 Å². The van der Waals surface area contributed by atoms with Crippen LogP contribution in [0.15, 0.2) is 45.8 Å². The zero-order valence-electron chi connectivity index (χ0n) is 14.6. The molecule has 0 bridgehead atoms. The molecule has 2 heterocycles. The molecule has 2 aromatic heterocycles. The molecule has 0 unspecified atom stereocenters. The van der Waals surface area contributed by atoms with E-state index >= 15 is 0 Å². The van der Waals surface area contributed by atoms with Crippen molar-refractivity contribution >= 4 is 21.9 Å². The van der Waals surface area contributed by atoms with Crippen molar-refractivity contribution in [1.82, 2.24) is 4.57 Å². The molecule has 0 amide bonds. The van der Waals surface area contributed by atoms with Gasteiger partial charge in [0, 0.05) is 40.1 Å². The van der Waals surface area contributed by atoms with Crippen LogP contribution in [0.5, 0.6) is 0 Å². The summed E-state index contributed by atoms with van der Waals surface area (Å²) in [6.07, 6.45) is 1.71. The van der Waals surface area contributed by atoms with Crippen molar-refractivity contribution < 1.29 is 8.81 Å². The smallest absolute Gasteiger partial charge is 0.254 e. The second kappa shape index (κ2) is 5.31. The highest BCUT2D eigenvalue weighted by atomic mass is 19.1. The minimum Gasteiger partial charge on any atom is -0.464 e. The molecule has 0 saturated heterocycles. The highest BCUT2D eigenvalue weighted by molar-refractivity contribution is 6.06. The molecular weight excluding hydrogens is 317 g/mol. The molecule has 0 radical (unpaired) electrons. The maximum atomic E-state index is 14.5. The van der Waals surface area contributed by atoms with Gasteiger partial charge in [-0.2, -0.15) is 0 Å². The third kappa shape index (κ3) is 2.07. The lowest BCUT2D eigenvalue weighted by atomic mass is 9.93. The number of furan rings is 1. The number of aryl methyl sites for hydroxylation is 3. The van der Waals surface area contributed by atoms with Gasteiger partial charge in [0.05, 0.1) is 11.8 Å². The third-order valence-corrected chi connectivity index (χ3v) is 5.01. The van der Waals surface area contributed by atoms with E-state index in [1.807, 2.05) is 19.9 Å². The van der Waals surface area contributed by atoms with Crippen molar-refractivity contribution in [3.63, 3.8) is 0 Å². The fourth-order valence-electron chi connectivity index (χ4n) is 3.74. The molecule has 0 aliphatic rings. The van der Waals surface area contributed by atoms with Crippen LogP contribution in [0.25, 0.3) is 33.0 Å². The van der Waals surface area contributed by atoms with Crippen LogP contribution < -0.4 is 5.56 Å². The van der Waals surface area contributed by atoms with Gasteiger partial charge in [-0.3, -0.25) is 4.79 Å². The number of fused-ring (bicyclic) bond motifs is 2. The van der Waals surface area contributed by atoms with Crippen LogP contribution in [0.4, 0.5) is 4.39 Å². The predicted octanol–water partition coefficient (Wildman–Crippen LogP) is 5.02. The maximum absolute atomic E-state index is 14.5. The van der Waals surface area contributed by atoms with Gasteiger partial charge in [-0.15, -0.1) is 0 Å². The van der Waals surface area contributed by atoms with E-state index in [0.717, 1.165) is 33.0 Å². The summed E-state index contributed by atoms with van der Waals surface area (Å²) >= 11 is 0. The molecule has 4 aromatic rings. The molecule has 4 heteroatoms. The van der Waals surface area contributed by atoms with Gasteiger partial charge in [0.25, 0.3) is 5.56 Å². The molecule has 0 aliphatic heterocycles. The van der Waals surface area contributed by atoms with Crippen molar-refractivity contribution in [2.24, 2.45) is 7.05 Å². The van der Waals surface area contributed by atoms with Crippen molar-refractivity contribution in [2.75, 3.05) is 0 Å². The van der Waals surface area contributed by atoms with Crippen LogP contribution in [-0.2, 0) is 7.05 Å². The summed E-state index contributed by atoms with van der Waals surface area (Å²) in [7, 11) is 1.75. The highest BCUT2D eigenvalue weighted by Gasteiger charge is 2.20. The second-order valence-corrected chi connectivity index (χ2v) is 6.54.